The van der Waals surface area contributed by atoms with E-state index in [1.54, 1.807) is 6.20 Å². The SMILES string of the molecule is CNc1cccc(C)c1Nc1cccnc1/N=C/c1ccccc1. The molecule has 0 aliphatic rings. The lowest BCUT2D eigenvalue weighted by molar-refractivity contribution is 1.27. The highest BCUT2D eigenvalue weighted by Gasteiger charge is 2.08. The van der Waals surface area contributed by atoms with Crippen LogP contribution in [-0.4, -0.2) is 18.2 Å². The van der Waals surface area contributed by atoms with Gasteiger partial charge in [-0.25, -0.2) is 9.98 Å². The van der Waals surface area contributed by atoms with Crippen LogP contribution in [0.5, 0.6) is 0 Å². The fourth-order valence-electron chi connectivity index (χ4n) is 2.45. The van der Waals surface area contributed by atoms with E-state index in [-0.39, 0.29) is 0 Å². The maximum absolute atomic E-state index is 4.54. The Hall–Kier alpha value is -3.14. The van der Waals surface area contributed by atoms with Crippen molar-refractivity contribution in [3.63, 3.8) is 0 Å². The third-order valence-electron chi connectivity index (χ3n) is 3.72. The summed E-state index contributed by atoms with van der Waals surface area (Å²) in [6.07, 6.45) is 3.57. The van der Waals surface area contributed by atoms with Crippen molar-refractivity contribution in [3.05, 3.63) is 78.0 Å². The Morgan fingerprint density at radius 1 is 0.917 bits per heavy atom. The normalized spacial score (nSPS) is 10.8. The molecule has 0 radical (unpaired) electrons. The maximum atomic E-state index is 4.54. The molecule has 0 atom stereocenters. The number of aromatic nitrogens is 1. The molecule has 0 saturated carbocycles. The van der Waals surface area contributed by atoms with E-state index in [2.05, 4.69) is 33.6 Å². The van der Waals surface area contributed by atoms with Gasteiger partial charge in [-0.3, -0.25) is 0 Å². The monoisotopic (exact) mass is 316 g/mol. The standard InChI is InChI=1S/C20H20N4/c1-15-8-6-11-17(21-2)19(15)24-18-12-7-13-22-20(18)23-14-16-9-4-3-5-10-16/h3-14,21,24H,1-2H3/b23-14+. The van der Waals surface area contributed by atoms with E-state index >= 15 is 0 Å². The zero-order chi connectivity index (χ0) is 16.8. The highest BCUT2D eigenvalue weighted by molar-refractivity contribution is 5.85. The molecule has 0 saturated heterocycles. The van der Waals surface area contributed by atoms with Crippen molar-refractivity contribution in [1.29, 1.82) is 0 Å². The number of anilines is 3. The van der Waals surface area contributed by atoms with Gasteiger partial charge in [-0.05, 0) is 36.2 Å². The van der Waals surface area contributed by atoms with Gasteiger partial charge in [0.2, 0.25) is 0 Å². The average molecular weight is 316 g/mol. The van der Waals surface area contributed by atoms with Crippen LogP contribution < -0.4 is 10.6 Å². The van der Waals surface area contributed by atoms with Crippen molar-refractivity contribution in [2.24, 2.45) is 4.99 Å². The molecule has 0 amide bonds. The first-order valence-corrected chi connectivity index (χ1v) is 7.86. The lowest BCUT2D eigenvalue weighted by atomic mass is 10.1. The van der Waals surface area contributed by atoms with Gasteiger partial charge in [-0.1, -0.05) is 42.5 Å². The third kappa shape index (κ3) is 3.60. The van der Waals surface area contributed by atoms with Crippen LogP contribution >= 0.6 is 0 Å². The summed E-state index contributed by atoms with van der Waals surface area (Å²) in [4.78, 5) is 8.93. The van der Waals surface area contributed by atoms with Crippen LogP contribution in [0, 0.1) is 6.92 Å². The number of hydrogen-bond acceptors (Lipinski definition) is 4. The first-order chi connectivity index (χ1) is 11.8. The second-order valence-corrected chi connectivity index (χ2v) is 5.42. The second kappa shape index (κ2) is 7.42. The highest BCUT2D eigenvalue weighted by Crippen LogP contribution is 2.32. The minimum atomic E-state index is 0.659. The van der Waals surface area contributed by atoms with Crippen molar-refractivity contribution in [1.82, 2.24) is 4.98 Å². The van der Waals surface area contributed by atoms with Crippen LogP contribution in [0.2, 0.25) is 0 Å². The molecule has 24 heavy (non-hydrogen) atoms. The molecule has 0 spiro atoms. The predicted octanol–water partition coefficient (Wildman–Crippen LogP) is 4.93. The van der Waals surface area contributed by atoms with Crippen molar-refractivity contribution < 1.29 is 0 Å². The van der Waals surface area contributed by atoms with Gasteiger partial charge in [-0.2, -0.15) is 0 Å². The Bertz CT molecular complexity index is 841. The predicted molar refractivity (Wildman–Crippen MR) is 102 cm³/mol. The van der Waals surface area contributed by atoms with Crippen LogP contribution in [0.4, 0.5) is 22.9 Å². The summed E-state index contributed by atoms with van der Waals surface area (Å²) in [7, 11) is 1.91. The fraction of sp³-hybridized carbons (Fsp3) is 0.100. The maximum Gasteiger partial charge on any atom is 0.175 e. The molecule has 0 aliphatic carbocycles. The van der Waals surface area contributed by atoms with Gasteiger partial charge in [0, 0.05) is 19.5 Å². The van der Waals surface area contributed by atoms with Crippen molar-refractivity contribution >= 4 is 29.1 Å². The van der Waals surface area contributed by atoms with Crippen LogP contribution in [0.25, 0.3) is 0 Å². The largest absolute Gasteiger partial charge is 0.386 e. The Balaban J connectivity index is 1.92. The Morgan fingerprint density at radius 3 is 2.50 bits per heavy atom. The Kier molecular flexibility index (Phi) is 4.87. The smallest absolute Gasteiger partial charge is 0.175 e. The quantitative estimate of drug-likeness (QED) is 0.656. The van der Waals surface area contributed by atoms with Gasteiger partial charge in [-0.15, -0.1) is 0 Å². The summed E-state index contributed by atoms with van der Waals surface area (Å²) in [6.45, 7) is 2.08. The van der Waals surface area contributed by atoms with E-state index in [1.807, 2.05) is 67.9 Å². The number of aliphatic imine (C=N–C) groups is 1. The zero-order valence-corrected chi connectivity index (χ0v) is 13.8. The first-order valence-electron chi connectivity index (χ1n) is 7.86. The molecular weight excluding hydrogens is 296 g/mol. The molecule has 4 nitrogen and oxygen atoms in total. The van der Waals surface area contributed by atoms with Gasteiger partial charge >= 0.3 is 0 Å². The summed E-state index contributed by atoms with van der Waals surface area (Å²) < 4.78 is 0. The number of aryl methyl sites for hydroxylation is 1. The number of hydrogen-bond donors (Lipinski definition) is 2. The van der Waals surface area contributed by atoms with Crippen molar-refractivity contribution in [2.75, 3.05) is 17.7 Å². The molecule has 0 bridgehead atoms. The average Bonchev–Trinajstić information content (AvgIpc) is 2.63. The Labute approximate surface area is 142 Å². The molecular formula is C20H20N4. The van der Waals surface area contributed by atoms with Gasteiger partial charge < -0.3 is 10.6 Å². The second-order valence-electron chi connectivity index (χ2n) is 5.42. The molecule has 0 aliphatic heterocycles. The molecule has 0 fully saturated rings. The van der Waals surface area contributed by atoms with Gasteiger partial charge in [0.25, 0.3) is 0 Å². The minimum absolute atomic E-state index is 0.659. The van der Waals surface area contributed by atoms with Crippen molar-refractivity contribution in [2.45, 2.75) is 6.92 Å². The van der Waals surface area contributed by atoms with Gasteiger partial charge in [0.15, 0.2) is 5.82 Å². The molecule has 4 heteroatoms. The van der Waals surface area contributed by atoms with E-state index in [0.29, 0.717) is 5.82 Å². The van der Waals surface area contributed by atoms with E-state index in [1.165, 1.54) is 0 Å². The molecule has 2 aromatic carbocycles. The third-order valence-corrected chi connectivity index (χ3v) is 3.72. The summed E-state index contributed by atoms with van der Waals surface area (Å²) >= 11 is 0. The van der Waals surface area contributed by atoms with Crippen LogP contribution in [0.1, 0.15) is 11.1 Å². The number of pyridine rings is 1. The number of para-hydroxylation sites is 1. The molecule has 1 heterocycles. The van der Waals surface area contributed by atoms with E-state index in [4.69, 9.17) is 0 Å². The summed E-state index contributed by atoms with van der Waals surface area (Å²) in [5.41, 5.74) is 5.14. The molecule has 2 N–H and O–H groups in total. The van der Waals surface area contributed by atoms with E-state index in [9.17, 15) is 0 Å². The number of rotatable bonds is 5. The minimum Gasteiger partial charge on any atom is -0.386 e. The molecule has 1 aromatic heterocycles. The lowest BCUT2D eigenvalue weighted by Crippen LogP contribution is -2.00. The van der Waals surface area contributed by atoms with Gasteiger partial charge in [0.1, 0.15) is 0 Å². The number of nitrogens with zero attached hydrogens (tertiary/aromatic N) is 2. The highest BCUT2D eigenvalue weighted by atomic mass is 15.0. The first kappa shape index (κ1) is 15.7. The lowest BCUT2D eigenvalue weighted by Gasteiger charge is -2.15. The van der Waals surface area contributed by atoms with Crippen LogP contribution in [0.3, 0.4) is 0 Å². The summed E-state index contributed by atoms with van der Waals surface area (Å²) in [6, 6.07) is 20.0. The topological polar surface area (TPSA) is 49.3 Å². The Morgan fingerprint density at radius 2 is 1.71 bits per heavy atom. The number of benzene rings is 2. The van der Waals surface area contributed by atoms with Crippen LogP contribution in [0.15, 0.2) is 71.9 Å². The van der Waals surface area contributed by atoms with E-state index < -0.39 is 0 Å². The molecule has 3 rings (SSSR count). The van der Waals surface area contributed by atoms with E-state index in [0.717, 1.165) is 28.2 Å². The zero-order valence-electron chi connectivity index (χ0n) is 13.8. The van der Waals surface area contributed by atoms with Crippen molar-refractivity contribution in [3.8, 4) is 0 Å². The number of nitrogens with one attached hydrogen (secondary N) is 2. The summed E-state index contributed by atoms with van der Waals surface area (Å²) in [5, 5.41) is 6.67. The molecule has 120 valence electrons. The summed E-state index contributed by atoms with van der Waals surface area (Å²) in [5.74, 6) is 0.659. The molecule has 3 aromatic rings. The fourth-order valence-corrected chi connectivity index (χ4v) is 2.45. The molecule has 0 unspecified atom stereocenters. The van der Waals surface area contributed by atoms with Crippen LogP contribution in [-0.2, 0) is 0 Å². The van der Waals surface area contributed by atoms with Gasteiger partial charge in [0.05, 0.1) is 17.1 Å².